The van der Waals surface area contributed by atoms with E-state index in [1.54, 1.807) is 13.0 Å². The van der Waals surface area contributed by atoms with Gasteiger partial charge in [0, 0.05) is 6.20 Å². The summed E-state index contributed by atoms with van der Waals surface area (Å²) in [6, 6.07) is 5.80. The quantitative estimate of drug-likeness (QED) is 0.888. The Balaban J connectivity index is 2.21. The van der Waals surface area contributed by atoms with Crippen molar-refractivity contribution in [3.63, 3.8) is 0 Å². The van der Waals surface area contributed by atoms with E-state index in [0.717, 1.165) is 0 Å². The standard InChI is InChI=1S/C14H13BrFN3O2/c1-8-10(17)6-19(14(21)13(8)15)7-12(20)18-11-5-3-2-4-9(11)16/h2-6H,7,17H2,1H3,(H,18,20). The lowest BCUT2D eigenvalue weighted by atomic mass is 10.2. The predicted octanol–water partition coefficient (Wildman–Crippen LogP) is 2.28. The number of halogens is 2. The first-order valence-electron chi connectivity index (χ1n) is 6.09. The maximum atomic E-state index is 13.4. The van der Waals surface area contributed by atoms with Gasteiger partial charge in [0.15, 0.2) is 0 Å². The Morgan fingerprint density at radius 1 is 1.43 bits per heavy atom. The molecule has 21 heavy (non-hydrogen) atoms. The molecule has 1 heterocycles. The van der Waals surface area contributed by atoms with Crippen molar-refractivity contribution in [2.45, 2.75) is 13.5 Å². The van der Waals surface area contributed by atoms with Gasteiger partial charge in [0.1, 0.15) is 12.4 Å². The first kappa shape index (κ1) is 15.2. The van der Waals surface area contributed by atoms with Crippen LogP contribution < -0.4 is 16.6 Å². The van der Waals surface area contributed by atoms with Crippen LogP contribution in [0, 0.1) is 12.7 Å². The number of carbonyl (C=O) groups excluding carboxylic acids is 1. The van der Waals surface area contributed by atoms with E-state index in [1.165, 1.54) is 29.0 Å². The number of pyridine rings is 1. The van der Waals surface area contributed by atoms with Gasteiger partial charge in [0.2, 0.25) is 5.91 Å². The summed E-state index contributed by atoms with van der Waals surface area (Å²) >= 11 is 3.14. The van der Waals surface area contributed by atoms with Gasteiger partial charge < -0.3 is 15.6 Å². The highest BCUT2D eigenvalue weighted by molar-refractivity contribution is 9.10. The number of rotatable bonds is 3. The highest BCUT2D eigenvalue weighted by atomic mass is 79.9. The number of hydrogen-bond acceptors (Lipinski definition) is 3. The number of nitrogens with two attached hydrogens (primary N) is 1. The number of anilines is 2. The Labute approximate surface area is 128 Å². The summed E-state index contributed by atoms with van der Waals surface area (Å²) in [4.78, 5) is 23.9. The average molecular weight is 354 g/mol. The first-order chi connectivity index (χ1) is 9.90. The van der Waals surface area contributed by atoms with Crippen LogP contribution in [0.25, 0.3) is 0 Å². The van der Waals surface area contributed by atoms with Crippen molar-refractivity contribution in [3.05, 3.63) is 56.7 Å². The van der Waals surface area contributed by atoms with E-state index in [2.05, 4.69) is 21.2 Å². The molecule has 0 fully saturated rings. The van der Waals surface area contributed by atoms with Gasteiger partial charge in [0.25, 0.3) is 5.56 Å². The van der Waals surface area contributed by atoms with Gasteiger partial charge in [-0.15, -0.1) is 0 Å². The van der Waals surface area contributed by atoms with Crippen molar-refractivity contribution in [2.24, 2.45) is 0 Å². The third kappa shape index (κ3) is 3.30. The van der Waals surface area contributed by atoms with E-state index < -0.39 is 11.7 Å². The summed E-state index contributed by atoms with van der Waals surface area (Å²) in [6.07, 6.45) is 1.39. The molecule has 0 spiro atoms. The molecule has 0 saturated heterocycles. The van der Waals surface area contributed by atoms with Crippen LogP contribution in [0.15, 0.2) is 39.7 Å². The molecule has 0 aliphatic heterocycles. The summed E-state index contributed by atoms with van der Waals surface area (Å²) in [5, 5.41) is 2.41. The average Bonchev–Trinajstić information content (AvgIpc) is 2.45. The summed E-state index contributed by atoms with van der Waals surface area (Å²) < 4.78 is 14.9. The second-order valence-corrected chi connectivity index (χ2v) is 5.28. The highest BCUT2D eigenvalue weighted by Crippen LogP contribution is 2.17. The lowest BCUT2D eigenvalue weighted by molar-refractivity contribution is -0.116. The SMILES string of the molecule is Cc1c(N)cn(CC(=O)Nc2ccccc2F)c(=O)c1Br. The van der Waals surface area contributed by atoms with Crippen molar-refractivity contribution < 1.29 is 9.18 Å². The fourth-order valence-corrected chi connectivity index (χ4v) is 2.22. The molecule has 110 valence electrons. The van der Waals surface area contributed by atoms with E-state index in [4.69, 9.17) is 5.73 Å². The first-order valence-corrected chi connectivity index (χ1v) is 6.89. The molecular formula is C14H13BrFN3O2. The van der Waals surface area contributed by atoms with Crippen LogP contribution in [-0.4, -0.2) is 10.5 Å². The molecule has 7 heteroatoms. The van der Waals surface area contributed by atoms with Gasteiger partial charge >= 0.3 is 0 Å². The normalized spacial score (nSPS) is 10.4. The number of nitrogens with one attached hydrogen (secondary N) is 1. The van der Waals surface area contributed by atoms with Crippen molar-refractivity contribution in [1.29, 1.82) is 0 Å². The molecule has 5 nitrogen and oxygen atoms in total. The Morgan fingerprint density at radius 2 is 2.10 bits per heavy atom. The molecule has 3 N–H and O–H groups in total. The summed E-state index contributed by atoms with van der Waals surface area (Å²) in [5.41, 5.74) is 6.46. The van der Waals surface area contributed by atoms with Crippen LogP contribution >= 0.6 is 15.9 Å². The number of amides is 1. The molecule has 0 atom stereocenters. The number of carbonyl (C=O) groups is 1. The van der Waals surface area contributed by atoms with Crippen LogP contribution in [0.2, 0.25) is 0 Å². The van der Waals surface area contributed by atoms with Gasteiger partial charge in [-0.2, -0.15) is 0 Å². The van der Waals surface area contributed by atoms with E-state index in [-0.39, 0.29) is 17.8 Å². The van der Waals surface area contributed by atoms with Crippen LogP contribution in [0.3, 0.4) is 0 Å². The van der Waals surface area contributed by atoms with Gasteiger partial charge in [-0.05, 0) is 40.5 Å². The molecule has 0 aliphatic rings. The van der Waals surface area contributed by atoms with Crippen LogP contribution in [0.4, 0.5) is 15.8 Å². The molecule has 2 aromatic rings. The fraction of sp³-hybridized carbons (Fsp3) is 0.143. The topological polar surface area (TPSA) is 77.1 Å². The number of hydrogen-bond donors (Lipinski definition) is 2. The molecule has 1 aromatic heterocycles. The Bertz CT molecular complexity index is 758. The zero-order valence-electron chi connectivity index (χ0n) is 11.2. The Kier molecular flexibility index (Phi) is 4.42. The van der Waals surface area contributed by atoms with Crippen molar-refractivity contribution >= 4 is 33.2 Å². The molecule has 0 bridgehead atoms. The molecule has 0 aliphatic carbocycles. The largest absolute Gasteiger partial charge is 0.397 e. The van der Waals surface area contributed by atoms with E-state index in [1.807, 2.05) is 0 Å². The maximum absolute atomic E-state index is 13.4. The second kappa shape index (κ2) is 6.09. The molecule has 1 aromatic carbocycles. The molecule has 0 radical (unpaired) electrons. The molecule has 0 unspecified atom stereocenters. The summed E-state index contributed by atoms with van der Waals surface area (Å²) in [7, 11) is 0. The predicted molar refractivity (Wildman–Crippen MR) is 82.6 cm³/mol. The Morgan fingerprint density at radius 3 is 2.76 bits per heavy atom. The number of benzene rings is 1. The van der Waals surface area contributed by atoms with E-state index in [0.29, 0.717) is 15.7 Å². The van der Waals surface area contributed by atoms with Gasteiger partial charge in [-0.3, -0.25) is 9.59 Å². The van der Waals surface area contributed by atoms with Crippen molar-refractivity contribution in [2.75, 3.05) is 11.1 Å². The smallest absolute Gasteiger partial charge is 0.265 e. The molecule has 0 saturated carbocycles. The van der Waals surface area contributed by atoms with Crippen LogP contribution in [0.5, 0.6) is 0 Å². The molecular weight excluding hydrogens is 341 g/mol. The van der Waals surface area contributed by atoms with Gasteiger partial charge in [-0.25, -0.2) is 4.39 Å². The third-order valence-electron chi connectivity index (χ3n) is 2.97. The number of para-hydroxylation sites is 1. The number of aromatic nitrogens is 1. The minimum atomic E-state index is -0.539. The maximum Gasteiger partial charge on any atom is 0.265 e. The van der Waals surface area contributed by atoms with Crippen molar-refractivity contribution in [1.82, 2.24) is 4.57 Å². The minimum Gasteiger partial charge on any atom is -0.397 e. The van der Waals surface area contributed by atoms with E-state index in [9.17, 15) is 14.0 Å². The lowest BCUT2D eigenvalue weighted by Crippen LogP contribution is -2.29. The van der Waals surface area contributed by atoms with Crippen molar-refractivity contribution in [3.8, 4) is 0 Å². The highest BCUT2D eigenvalue weighted by Gasteiger charge is 2.12. The van der Waals surface area contributed by atoms with E-state index >= 15 is 0 Å². The zero-order chi connectivity index (χ0) is 15.6. The monoisotopic (exact) mass is 353 g/mol. The Hall–Kier alpha value is -2.15. The summed E-state index contributed by atoms with van der Waals surface area (Å²) in [6.45, 7) is 1.45. The number of nitrogens with zero attached hydrogens (tertiary/aromatic N) is 1. The molecule has 2 rings (SSSR count). The summed E-state index contributed by atoms with van der Waals surface area (Å²) in [5.74, 6) is -1.06. The lowest BCUT2D eigenvalue weighted by Gasteiger charge is -2.11. The fourth-order valence-electron chi connectivity index (χ4n) is 1.76. The van der Waals surface area contributed by atoms with Gasteiger partial charge in [0.05, 0.1) is 15.8 Å². The second-order valence-electron chi connectivity index (χ2n) is 4.48. The zero-order valence-corrected chi connectivity index (χ0v) is 12.8. The van der Waals surface area contributed by atoms with Crippen LogP contribution in [0.1, 0.15) is 5.56 Å². The molecule has 1 amide bonds. The van der Waals surface area contributed by atoms with Crippen LogP contribution in [-0.2, 0) is 11.3 Å². The minimum absolute atomic E-state index is 0.0645. The third-order valence-corrected chi connectivity index (χ3v) is 3.90. The number of nitrogen functional groups attached to an aromatic ring is 1. The van der Waals surface area contributed by atoms with Gasteiger partial charge in [-0.1, -0.05) is 12.1 Å².